The first kappa shape index (κ1) is 13.2. The summed E-state index contributed by atoms with van der Waals surface area (Å²) >= 11 is 4.62. The Kier molecular flexibility index (Phi) is 4.76. The average Bonchev–Trinajstić information content (AvgIpc) is 2.63. The molecule has 15 heavy (non-hydrogen) atoms. The molecular weight excluding hydrogens is 298 g/mol. The normalized spacial score (nSPS) is 14.1. The Bertz CT molecular complexity index is 412. The lowest BCUT2D eigenvalue weighted by Gasteiger charge is -2.05. The van der Waals surface area contributed by atoms with E-state index < -0.39 is 10.0 Å². The summed E-state index contributed by atoms with van der Waals surface area (Å²) in [6, 6.07) is 3.52. The molecule has 0 spiro atoms. The van der Waals surface area contributed by atoms with Gasteiger partial charge in [0.05, 0.1) is 0 Å². The van der Waals surface area contributed by atoms with Gasteiger partial charge in [-0.05, 0) is 18.6 Å². The Morgan fingerprint density at radius 3 is 2.67 bits per heavy atom. The number of nitrogens with one attached hydrogen (secondary N) is 1. The number of hydrogen-bond donors (Lipinski definition) is 1. The van der Waals surface area contributed by atoms with Crippen LogP contribution in [0.4, 0.5) is 0 Å². The largest absolute Gasteiger partial charge is 0.250 e. The van der Waals surface area contributed by atoms with Crippen molar-refractivity contribution in [1.29, 1.82) is 0 Å². The third-order valence-electron chi connectivity index (χ3n) is 1.80. The van der Waals surface area contributed by atoms with Gasteiger partial charge in [-0.25, -0.2) is 13.1 Å². The van der Waals surface area contributed by atoms with Crippen LogP contribution in [-0.4, -0.2) is 19.8 Å². The Labute approximate surface area is 103 Å². The van der Waals surface area contributed by atoms with Gasteiger partial charge in [0.25, 0.3) is 0 Å². The van der Waals surface area contributed by atoms with E-state index in [4.69, 9.17) is 0 Å². The van der Waals surface area contributed by atoms with Gasteiger partial charge in [0, 0.05) is 16.2 Å². The summed E-state index contributed by atoms with van der Waals surface area (Å²) in [5.74, 6) is 0. The second-order valence-corrected chi connectivity index (χ2v) is 7.93. The second-order valence-electron chi connectivity index (χ2n) is 3.21. The van der Waals surface area contributed by atoms with Gasteiger partial charge in [0.1, 0.15) is 4.21 Å². The highest BCUT2D eigenvalue weighted by molar-refractivity contribution is 9.09. The maximum atomic E-state index is 11.7. The first-order valence-electron chi connectivity index (χ1n) is 4.68. The summed E-state index contributed by atoms with van der Waals surface area (Å²) in [6.45, 7) is 4.31. The lowest BCUT2D eigenvalue weighted by atomic mass is 10.4. The van der Waals surface area contributed by atoms with Gasteiger partial charge in [-0.2, -0.15) is 0 Å². The zero-order valence-electron chi connectivity index (χ0n) is 8.66. The molecule has 0 saturated carbocycles. The highest BCUT2D eigenvalue weighted by Gasteiger charge is 2.16. The molecule has 0 aliphatic heterocycles. The van der Waals surface area contributed by atoms with Crippen molar-refractivity contribution in [3.05, 3.63) is 17.0 Å². The van der Waals surface area contributed by atoms with Crippen molar-refractivity contribution >= 4 is 37.3 Å². The maximum Gasteiger partial charge on any atom is 0.250 e. The van der Waals surface area contributed by atoms with Crippen molar-refractivity contribution in [2.24, 2.45) is 0 Å². The van der Waals surface area contributed by atoms with Crippen molar-refractivity contribution in [1.82, 2.24) is 4.72 Å². The highest BCUT2D eigenvalue weighted by atomic mass is 79.9. The Hall–Kier alpha value is 0.0900. The number of thiophene rings is 1. The fourth-order valence-corrected chi connectivity index (χ4v) is 3.84. The molecule has 1 unspecified atom stereocenters. The van der Waals surface area contributed by atoms with E-state index >= 15 is 0 Å². The molecule has 0 saturated heterocycles. The van der Waals surface area contributed by atoms with Crippen LogP contribution >= 0.6 is 27.3 Å². The summed E-state index contributed by atoms with van der Waals surface area (Å²) in [5, 5.41) is 0. The zero-order chi connectivity index (χ0) is 11.5. The van der Waals surface area contributed by atoms with Crippen molar-refractivity contribution in [2.75, 3.05) is 6.54 Å². The molecule has 0 amide bonds. The monoisotopic (exact) mass is 311 g/mol. The van der Waals surface area contributed by atoms with Gasteiger partial charge in [0.2, 0.25) is 10.0 Å². The van der Waals surface area contributed by atoms with Crippen molar-refractivity contribution < 1.29 is 8.42 Å². The lowest BCUT2D eigenvalue weighted by Crippen LogP contribution is -2.27. The number of alkyl halides is 1. The molecule has 1 aromatic heterocycles. The maximum absolute atomic E-state index is 11.7. The number of sulfonamides is 1. The molecule has 86 valence electrons. The fourth-order valence-electron chi connectivity index (χ4n) is 0.988. The molecule has 0 bridgehead atoms. The van der Waals surface area contributed by atoms with Crippen LogP contribution in [0.5, 0.6) is 0 Å². The number of hydrogen-bond acceptors (Lipinski definition) is 3. The van der Waals surface area contributed by atoms with Gasteiger partial charge < -0.3 is 0 Å². The van der Waals surface area contributed by atoms with E-state index in [-0.39, 0.29) is 4.83 Å². The Morgan fingerprint density at radius 1 is 1.53 bits per heavy atom. The summed E-state index contributed by atoms with van der Waals surface area (Å²) in [7, 11) is -3.31. The molecular formula is C9H14BrNO2S2. The standard InChI is InChI=1S/C9H14BrNO2S2/c1-3-8-4-5-9(14-8)15(12,13)11-6-7(2)10/h4-5,7,11H,3,6H2,1-2H3. The van der Waals surface area contributed by atoms with Gasteiger partial charge in [-0.1, -0.05) is 29.8 Å². The van der Waals surface area contributed by atoms with Crippen molar-refractivity contribution in [2.45, 2.75) is 29.3 Å². The first-order chi connectivity index (χ1) is 6.95. The molecule has 0 aromatic carbocycles. The lowest BCUT2D eigenvalue weighted by molar-refractivity contribution is 0.584. The molecule has 6 heteroatoms. The second kappa shape index (κ2) is 5.43. The minimum Gasteiger partial charge on any atom is -0.209 e. The topological polar surface area (TPSA) is 46.2 Å². The molecule has 1 atom stereocenters. The van der Waals surface area contributed by atoms with Gasteiger partial charge in [0.15, 0.2) is 0 Å². The number of rotatable bonds is 5. The summed E-state index contributed by atoms with van der Waals surface area (Å²) in [6.07, 6.45) is 0.870. The molecule has 0 fully saturated rings. The Morgan fingerprint density at radius 2 is 2.20 bits per heavy atom. The van der Waals surface area contributed by atoms with Crippen LogP contribution in [-0.2, 0) is 16.4 Å². The quantitative estimate of drug-likeness (QED) is 0.849. The van der Waals surface area contributed by atoms with Crippen LogP contribution < -0.4 is 4.72 Å². The van der Waals surface area contributed by atoms with Crippen molar-refractivity contribution in [3.63, 3.8) is 0 Å². The predicted molar refractivity (Wildman–Crippen MR) is 67.3 cm³/mol. The van der Waals surface area contributed by atoms with E-state index in [9.17, 15) is 8.42 Å². The van der Waals surface area contributed by atoms with Gasteiger partial charge >= 0.3 is 0 Å². The van der Waals surface area contributed by atoms with Crippen LogP contribution in [0.25, 0.3) is 0 Å². The first-order valence-corrected chi connectivity index (χ1v) is 7.89. The predicted octanol–water partition coefficient (Wildman–Crippen LogP) is 2.37. The van der Waals surface area contributed by atoms with Crippen molar-refractivity contribution in [3.8, 4) is 0 Å². The van der Waals surface area contributed by atoms with Crippen LogP contribution in [0, 0.1) is 0 Å². The van der Waals surface area contributed by atoms with E-state index in [1.54, 1.807) is 6.07 Å². The van der Waals surface area contributed by atoms with E-state index in [2.05, 4.69) is 20.7 Å². The minimum absolute atomic E-state index is 0.137. The molecule has 0 aliphatic carbocycles. The van der Waals surface area contributed by atoms with E-state index in [1.165, 1.54) is 11.3 Å². The molecule has 1 heterocycles. The van der Waals surface area contributed by atoms with Gasteiger partial charge in [-0.3, -0.25) is 0 Å². The number of aryl methyl sites for hydroxylation is 1. The highest BCUT2D eigenvalue weighted by Crippen LogP contribution is 2.21. The van der Waals surface area contributed by atoms with Crippen LogP contribution in [0.1, 0.15) is 18.7 Å². The zero-order valence-corrected chi connectivity index (χ0v) is 11.9. The summed E-state index contributed by atoms with van der Waals surface area (Å²) in [5.41, 5.74) is 0. The molecule has 1 N–H and O–H groups in total. The third kappa shape index (κ3) is 3.86. The van der Waals surface area contributed by atoms with Crippen LogP contribution in [0.15, 0.2) is 16.3 Å². The summed E-state index contributed by atoms with van der Waals surface area (Å²) in [4.78, 5) is 1.22. The molecule has 0 aliphatic rings. The SMILES string of the molecule is CCc1ccc(S(=O)(=O)NCC(C)Br)s1. The molecule has 0 radical (unpaired) electrons. The molecule has 1 aromatic rings. The molecule has 3 nitrogen and oxygen atoms in total. The van der Waals surface area contributed by atoms with Gasteiger partial charge in [-0.15, -0.1) is 11.3 Å². The Balaban J connectivity index is 2.77. The third-order valence-corrected chi connectivity index (χ3v) is 5.27. The molecule has 1 rings (SSSR count). The van der Waals surface area contributed by atoms with E-state index in [0.717, 1.165) is 11.3 Å². The van der Waals surface area contributed by atoms with E-state index in [0.29, 0.717) is 10.8 Å². The number of halogens is 1. The average molecular weight is 312 g/mol. The minimum atomic E-state index is -3.31. The van der Waals surface area contributed by atoms with Crippen LogP contribution in [0.2, 0.25) is 0 Å². The van der Waals surface area contributed by atoms with Crippen LogP contribution in [0.3, 0.4) is 0 Å². The fraction of sp³-hybridized carbons (Fsp3) is 0.556. The van der Waals surface area contributed by atoms with E-state index in [1.807, 2.05) is 19.9 Å². The summed E-state index contributed by atoms with van der Waals surface area (Å²) < 4.78 is 26.4. The smallest absolute Gasteiger partial charge is 0.209 e.